The number of carbonyl (C=O) groups excluding carboxylic acids is 2. The summed E-state index contributed by atoms with van der Waals surface area (Å²) in [6.07, 6.45) is 1.33. The predicted molar refractivity (Wildman–Crippen MR) is 72.4 cm³/mol. The quantitative estimate of drug-likeness (QED) is 0.647. The van der Waals surface area contributed by atoms with Gasteiger partial charge >= 0.3 is 12.0 Å². The maximum atomic E-state index is 11.8. The second-order valence-electron chi connectivity index (χ2n) is 4.39. The van der Waals surface area contributed by atoms with Gasteiger partial charge in [0.25, 0.3) is 0 Å². The van der Waals surface area contributed by atoms with Crippen LogP contribution in [0.4, 0.5) is 4.79 Å². The van der Waals surface area contributed by atoms with E-state index in [0.717, 1.165) is 6.42 Å². The minimum absolute atomic E-state index is 0.241. The SMILES string of the molecule is O=C(NC1CCCNC1=O)NC(C(=O)O)c1cccs1. The fraction of sp³-hybridized carbons (Fsp3) is 0.417. The first kappa shape index (κ1) is 14.3. The molecule has 1 aliphatic heterocycles. The molecule has 0 spiro atoms. The highest BCUT2D eigenvalue weighted by molar-refractivity contribution is 7.10. The molecule has 0 radical (unpaired) electrons. The smallest absolute Gasteiger partial charge is 0.331 e. The standard InChI is InChI=1S/C12H15N3O4S/c16-10-7(3-1-5-13-10)14-12(19)15-9(11(17)18)8-4-2-6-20-8/h2,4,6-7,9H,1,3,5H2,(H,13,16)(H,17,18)(H2,14,15,19). The summed E-state index contributed by atoms with van der Waals surface area (Å²) in [4.78, 5) is 35.0. The van der Waals surface area contributed by atoms with Crippen LogP contribution in [-0.4, -0.2) is 35.6 Å². The van der Waals surface area contributed by atoms with Crippen LogP contribution in [0.15, 0.2) is 17.5 Å². The molecule has 1 aliphatic rings. The molecule has 3 amide bonds. The molecule has 1 saturated heterocycles. The number of aliphatic carboxylic acids is 1. The lowest BCUT2D eigenvalue weighted by atomic mass is 10.1. The number of urea groups is 1. The molecular weight excluding hydrogens is 282 g/mol. The zero-order valence-corrected chi connectivity index (χ0v) is 11.4. The third-order valence-corrected chi connectivity index (χ3v) is 3.88. The molecule has 2 rings (SSSR count). The van der Waals surface area contributed by atoms with Crippen molar-refractivity contribution in [3.63, 3.8) is 0 Å². The number of hydrogen-bond donors (Lipinski definition) is 4. The highest BCUT2D eigenvalue weighted by Crippen LogP contribution is 2.19. The zero-order valence-electron chi connectivity index (χ0n) is 10.6. The monoisotopic (exact) mass is 297 g/mol. The topological polar surface area (TPSA) is 108 Å². The lowest BCUT2D eigenvalue weighted by molar-refractivity contribution is -0.139. The Morgan fingerprint density at radius 3 is 2.90 bits per heavy atom. The van der Waals surface area contributed by atoms with Gasteiger partial charge < -0.3 is 21.1 Å². The van der Waals surface area contributed by atoms with Crippen LogP contribution < -0.4 is 16.0 Å². The Balaban J connectivity index is 1.95. The van der Waals surface area contributed by atoms with E-state index in [2.05, 4.69) is 16.0 Å². The van der Waals surface area contributed by atoms with Crippen LogP contribution >= 0.6 is 11.3 Å². The average Bonchev–Trinajstić information content (AvgIpc) is 2.92. The van der Waals surface area contributed by atoms with Crippen molar-refractivity contribution in [1.29, 1.82) is 0 Å². The van der Waals surface area contributed by atoms with Crippen LogP contribution in [0.1, 0.15) is 23.8 Å². The van der Waals surface area contributed by atoms with Gasteiger partial charge in [0.15, 0.2) is 6.04 Å². The summed E-state index contributed by atoms with van der Waals surface area (Å²) in [6.45, 7) is 0.603. The first-order chi connectivity index (χ1) is 9.58. The first-order valence-electron chi connectivity index (χ1n) is 6.19. The largest absolute Gasteiger partial charge is 0.479 e. The number of hydrogen-bond acceptors (Lipinski definition) is 4. The van der Waals surface area contributed by atoms with Gasteiger partial charge in [-0.05, 0) is 24.3 Å². The number of carbonyl (C=O) groups is 3. The van der Waals surface area contributed by atoms with E-state index in [9.17, 15) is 14.4 Å². The number of thiophene rings is 1. The number of carboxylic acids is 1. The number of carboxylic acid groups (broad SMARTS) is 1. The van der Waals surface area contributed by atoms with Crippen molar-refractivity contribution in [3.05, 3.63) is 22.4 Å². The first-order valence-corrected chi connectivity index (χ1v) is 7.07. The molecule has 0 saturated carbocycles. The summed E-state index contributed by atoms with van der Waals surface area (Å²) in [6, 6.07) is 0.970. The minimum atomic E-state index is -1.14. The molecule has 1 aromatic heterocycles. The van der Waals surface area contributed by atoms with Gasteiger partial charge in [0.1, 0.15) is 6.04 Å². The zero-order chi connectivity index (χ0) is 14.5. The fourth-order valence-electron chi connectivity index (χ4n) is 1.95. The summed E-state index contributed by atoms with van der Waals surface area (Å²) < 4.78 is 0. The van der Waals surface area contributed by atoms with Crippen molar-refractivity contribution in [2.45, 2.75) is 24.9 Å². The van der Waals surface area contributed by atoms with Crippen LogP contribution in [0, 0.1) is 0 Å². The van der Waals surface area contributed by atoms with E-state index in [-0.39, 0.29) is 5.91 Å². The van der Waals surface area contributed by atoms with Crippen molar-refractivity contribution < 1.29 is 19.5 Å². The molecular formula is C12H15N3O4S. The third-order valence-electron chi connectivity index (χ3n) is 2.94. The molecule has 8 heteroatoms. The molecule has 108 valence electrons. The molecule has 2 unspecified atom stereocenters. The molecule has 20 heavy (non-hydrogen) atoms. The van der Waals surface area contributed by atoms with E-state index in [1.807, 2.05) is 0 Å². The maximum Gasteiger partial charge on any atom is 0.331 e. The second kappa shape index (κ2) is 6.38. The Bertz CT molecular complexity index is 503. The van der Waals surface area contributed by atoms with Gasteiger partial charge in [-0.1, -0.05) is 6.07 Å². The van der Waals surface area contributed by atoms with Gasteiger partial charge in [0, 0.05) is 11.4 Å². The third kappa shape index (κ3) is 3.47. The summed E-state index contributed by atoms with van der Waals surface area (Å²) in [5, 5.41) is 18.4. The summed E-state index contributed by atoms with van der Waals surface area (Å²) in [5.74, 6) is -1.38. The Morgan fingerprint density at radius 1 is 1.50 bits per heavy atom. The van der Waals surface area contributed by atoms with Gasteiger partial charge in [0.05, 0.1) is 0 Å². The van der Waals surface area contributed by atoms with Crippen molar-refractivity contribution in [2.75, 3.05) is 6.54 Å². The van der Waals surface area contributed by atoms with Gasteiger partial charge in [-0.25, -0.2) is 9.59 Å². The van der Waals surface area contributed by atoms with E-state index >= 15 is 0 Å². The Labute approximate surface area is 119 Å². The molecule has 0 aliphatic carbocycles. The molecule has 7 nitrogen and oxygen atoms in total. The molecule has 0 bridgehead atoms. The predicted octanol–water partition coefficient (Wildman–Crippen LogP) is 0.452. The van der Waals surface area contributed by atoms with Crippen molar-refractivity contribution in [3.8, 4) is 0 Å². The van der Waals surface area contributed by atoms with E-state index in [1.165, 1.54) is 11.3 Å². The van der Waals surface area contributed by atoms with Crippen LogP contribution in [0.5, 0.6) is 0 Å². The minimum Gasteiger partial charge on any atom is -0.479 e. The van der Waals surface area contributed by atoms with Crippen LogP contribution in [-0.2, 0) is 9.59 Å². The van der Waals surface area contributed by atoms with Crippen molar-refractivity contribution in [2.24, 2.45) is 0 Å². The number of piperidine rings is 1. The summed E-state index contributed by atoms with van der Waals surface area (Å²) in [5.41, 5.74) is 0. The molecule has 2 atom stereocenters. The van der Waals surface area contributed by atoms with Crippen molar-refractivity contribution >= 4 is 29.2 Å². The second-order valence-corrected chi connectivity index (χ2v) is 5.37. The number of amides is 3. The van der Waals surface area contributed by atoms with Crippen LogP contribution in [0.2, 0.25) is 0 Å². The van der Waals surface area contributed by atoms with Crippen LogP contribution in [0.3, 0.4) is 0 Å². The van der Waals surface area contributed by atoms with Gasteiger partial charge in [-0.2, -0.15) is 0 Å². The Hall–Kier alpha value is -2.09. The van der Waals surface area contributed by atoms with Crippen molar-refractivity contribution in [1.82, 2.24) is 16.0 Å². The molecule has 4 N–H and O–H groups in total. The summed E-state index contributed by atoms with van der Waals surface area (Å²) in [7, 11) is 0. The number of nitrogens with one attached hydrogen (secondary N) is 3. The molecule has 2 heterocycles. The average molecular weight is 297 g/mol. The molecule has 1 fully saturated rings. The Kier molecular flexibility index (Phi) is 4.57. The van der Waals surface area contributed by atoms with E-state index in [1.54, 1.807) is 17.5 Å². The van der Waals surface area contributed by atoms with Gasteiger partial charge in [-0.15, -0.1) is 11.3 Å². The van der Waals surface area contributed by atoms with E-state index in [0.29, 0.717) is 17.8 Å². The van der Waals surface area contributed by atoms with E-state index in [4.69, 9.17) is 5.11 Å². The number of rotatable bonds is 4. The maximum absolute atomic E-state index is 11.8. The van der Waals surface area contributed by atoms with Gasteiger partial charge in [0.2, 0.25) is 5.91 Å². The highest BCUT2D eigenvalue weighted by Gasteiger charge is 2.27. The fourth-order valence-corrected chi connectivity index (χ4v) is 2.72. The lowest BCUT2D eigenvalue weighted by Gasteiger charge is -2.23. The summed E-state index contributed by atoms with van der Waals surface area (Å²) >= 11 is 1.25. The normalized spacial score (nSPS) is 19.8. The lowest BCUT2D eigenvalue weighted by Crippen LogP contribution is -2.53. The van der Waals surface area contributed by atoms with Crippen LogP contribution in [0.25, 0.3) is 0 Å². The highest BCUT2D eigenvalue weighted by atomic mass is 32.1. The molecule has 0 aromatic carbocycles. The van der Waals surface area contributed by atoms with E-state index < -0.39 is 24.1 Å². The molecule has 1 aromatic rings. The van der Waals surface area contributed by atoms with Gasteiger partial charge in [-0.3, -0.25) is 4.79 Å². The Morgan fingerprint density at radius 2 is 2.30 bits per heavy atom.